The number of thiazole rings is 1. The molecule has 0 saturated heterocycles. The largest absolute Gasteiger partial charge is 0.471 e. The number of carbonyl (C=O) groups is 1. The number of nitrogens with zero attached hydrogens (tertiary/aromatic N) is 2. The Hall–Kier alpha value is -1.31. The van der Waals surface area contributed by atoms with Crippen LogP contribution < -0.4 is 5.32 Å². The molecular weight excluding hydrogens is 251 g/mol. The molecule has 0 aliphatic rings. The van der Waals surface area contributed by atoms with Crippen molar-refractivity contribution in [3.05, 3.63) is 5.38 Å². The molecule has 0 aliphatic carbocycles. The fourth-order valence-electron chi connectivity index (χ4n) is 0.589. The lowest BCUT2D eigenvalue weighted by Crippen LogP contribution is -2.29. The third-order valence-electron chi connectivity index (χ3n) is 1.13. The lowest BCUT2D eigenvalue weighted by molar-refractivity contribution is -0.167. The molecule has 1 aromatic heterocycles. The Morgan fingerprint density at radius 1 is 1.67 bits per heavy atom. The Labute approximate surface area is 90.8 Å². The quantitative estimate of drug-likeness (QED) is 0.650. The summed E-state index contributed by atoms with van der Waals surface area (Å²) in [5, 5.41) is 4.73. The van der Waals surface area contributed by atoms with Crippen LogP contribution in [-0.2, 0) is 4.79 Å². The van der Waals surface area contributed by atoms with Gasteiger partial charge in [0.2, 0.25) is 0 Å². The number of rotatable bonds is 2. The van der Waals surface area contributed by atoms with Gasteiger partial charge in [0.25, 0.3) is 0 Å². The molecule has 0 radical (unpaired) electrons. The molecule has 9 heteroatoms. The normalized spacial score (nSPS) is 10.6. The summed E-state index contributed by atoms with van der Waals surface area (Å²) in [5.41, 5.74) is 0. The zero-order valence-corrected chi connectivity index (χ0v) is 8.46. The number of aromatic nitrogens is 1. The minimum absolute atomic E-state index is 0.104. The van der Waals surface area contributed by atoms with Crippen molar-refractivity contribution in [3.8, 4) is 0 Å². The molecule has 0 aliphatic heterocycles. The van der Waals surface area contributed by atoms with Gasteiger partial charge in [-0.05, 0) is 12.2 Å². The average molecular weight is 253 g/mol. The van der Waals surface area contributed by atoms with Crippen LogP contribution in [0.3, 0.4) is 0 Å². The van der Waals surface area contributed by atoms with E-state index in [9.17, 15) is 18.0 Å². The van der Waals surface area contributed by atoms with Gasteiger partial charge in [-0.1, -0.05) is 0 Å². The van der Waals surface area contributed by atoms with Crippen LogP contribution in [0.1, 0.15) is 0 Å². The van der Waals surface area contributed by atoms with Crippen molar-refractivity contribution in [2.75, 3.05) is 5.32 Å². The summed E-state index contributed by atoms with van der Waals surface area (Å²) in [6.45, 7) is 0. The summed E-state index contributed by atoms with van der Waals surface area (Å²) in [6.07, 6.45) is -4.93. The van der Waals surface area contributed by atoms with Gasteiger partial charge in [-0.2, -0.15) is 23.1 Å². The van der Waals surface area contributed by atoms with Gasteiger partial charge in [-0.25, -0.2) is 0 Å². The Morgan fingerprint density at radius 3 is 2.87 bits per heavy atom. The van der Waals surface area contributed by atoms with E-state index in [-0.39, 0.29) is 10.9 Å². The number of hydrogen-bond acceptors (Lipinski definition) is 5. The molecule has 0 unspecified atom stereocenters. The number of amides is 1. The number of thiocarbonyl (C=S) groups is 1. The van der Waals surface area contributed by atoms with Gasteiger partial charge in [0.15, 0.2) is 10.9 Å². The Balaban J connectivity index is 2.73. The van der Waals surface area contributed by atoms with Crippen LogP contribution in [0.25, 0.3) is 0 Å². The van der Waals surface area contributed by atoms with E-state index in [0.29, 0.717) is 0 Å². The molecule has 1 amide bonds. The number of isothiocyanates is 1. The smallest absolute Gasteiger partial charge is 0.294 e. The Morgan fingerprint density at radius 2 is 2.33 bits per heavy atom. The van der Waals surface area contributed by atoms with E-state index in [1.165, 1.54) is 5.38 Å². The second-order valence-electron chi connectivity index (χ2n) is 2.17. The second kappa shape index (κ2) is 4.47. The van der Waals surface area contributed by atoms with Crippen molar-refractivity contribution in [1.29, 1.82) is 0 Å². The maximum atomic E-state index is 11.8. The van der Waals surface area contributed by atoms with Gasteiger partial charge < -0.3 is 0 Å². The van der Waals surface area contributed by atoms with Crippen LogP contribution in [0.15, 0.2) is 10.4 Å². The predicted molar refractivity (Wildman–Crippen MR) is 51.5 cm³/mol. The molecule has 1 aromatic rings. The van der Waals surface area contributed by atoms with E-state index in [1.54, 1.807) is 5.32 Å². The van der Waals surface area contributed by atoms with Gasteiger partial charge in [-0.3, -0.25) is 10.1 Å². The number of halogens is 3. The molecule has 0 atom stereocenters. The highest BCUT2D eigenvalue weighted by Crippen LogP contribution is 2.23. The number of aliphatic imine (C=N–C) groups is 1. The molecule has 0 bridgehead atoms. The zero-order valence-electron chi connectivity index (χ0n) is 6.83. The van der Waals surface area contributed by atoms with Gasteiger partial charge in [-0.15, -0.1) is 11.3 Å². The highest BCUT2D eigenvalue weighted by atomic mass is 32.1. The molecule has 0 spiro atoms. The summed E-state index contributed by atoms with van der Waals surface area (Å²) in [5.74, 6) is -1.97. The summed E-state index contributed by atoms with van der Waals surface area (Å²) in [6, 6.07) is 0. The number of nitrogens with one attached hydrogen (secondary N) is 1. The van der Waals surface area contributed by atoms with E-state index in [4.69, 9.17) is 0 Å². The fraction of sp³-hybridized carbons (Fsp3) is 0.167. The summed E-state index contributed by atoms with van der Waals surface area (Å²) in [4.78, 5) is 17.4. The fourth-order valence-corrected chi connectivity index (χ4v) is 1.30. The van der Waals surface area contributed by atoms with Gasteiger partial charge in [0.1, 0.15) is 0 Å². The Bertz CT molecular complexity index is 422. The third-order valence-corrected chi connectivity index (χ3v) is 1.97. The number of anilines is 1. The van der Waals surface area contributed by atoms with E-state index < -0.39 is 12.1 Å². The zero-order chi connectivity index (χ0) is 11.5. The van der Waals surface area contributed by atoms with Crippen LogP contribution in [0.5, 0.6) is 0 Å². The minimum Gasteiger partial charge on any atom is -0.294 e. The van der Waals surface area contributed by atoms with Crippen molar-refractivity contribution in [1.82, 2.24) is 4.98 Å². The molecule has 1 rings (SSSR count). The Kier molecular flexibility index (Phi) is 3.51. The van der Waals surface area contributed by atoms with E-state index in [2.05, 4.69) is 22.2 Å². The second-order valence-corrected chi connectivity index (χ2v) is 3.21. The molecule has 1 heterocycles. The van der Waals surface area contributed by atoms with E-state index in [0.717, 1.165) is 11.3 Å². The van der Waals surface area contributed by atoms with E-state index in [1.807, 2.05) is 5.16 Å². The molecular formula is C6H2F3N3OS2. The predicted octanol–water partition coefficient (Wildman–Crippen LogP) is 2.38. The number of carbonyl (C=O) groups excluding carboxylic acids is 1. The first-order valence-electron chi connectivity index (χ1n) is 3.35. The average Bonchev–Trinajstić information content (AvgIpc) is 2.51. The molecule has 1 N–H and O–H groups in total. The highest BCUT2D eigenvalue weighted by molar-refractivity contribution is 7.78. The molecule has 0 saturated carbocycles. The lowest BCUT2D eigenvalue weighted by atomic mass is 10.6. The SMILES string of the molecule is O=C(Nc1nc(N=C=S)cs1)C(F)(F)F. The molecule has 80 valence electrons. The maximum absolute atomic E-state index is 11.8. The monoisotopic (exact) mass is 253 g/mol. The molecule has 4 nitrogen and oxygen atoms in total. The van der Waals surface area contributed by atoms with Crippen molar-refractivity contribution in [3.63, 3.8) is 0 Å². The summed E-state index contributed by atoms with van der Waals surface area (Å²) < 4.78 is 35.4. The molecule has 0 fully saturated rings. The van der Waals surface area contributed by atoms with Crippen molar-refractivity contribution < 1.29 is 18.0 Å². The van der Waals surface area contributed by atoms with Crippen molar-refractivity contribution >= 4 is 45.6 Å². The van der Waals surface area contributed by atoms with Crippen LogP contribution in [0.4, 0.5) is 24.1 Å². The first-order chi connectivity index (χ1) is 6.93. The lowest BCUT2D eigenvalue weighted by Gasteiger charge is -2.03. The standard InChI is InChI=1S/C6H2F3N3OS2/c7-6(8,9)4(13)12-5-11-3(1-15-5)10-2-14/h1H,(H,11,12,13). The van der Waals surface area contributed by atoms with Crippen LogP contribution in [0, 0.1) is 0 Å². The third kappa shape index (κ3) is 3.39. The minimum atomic E-state index is -4.93. The van der Waals surface area contributed by atoms with Crippen molar-refractivity contribution in [2.45, 2.75) is 6.18 Å². The van der Waals surface area contributed by atoms with Crippen LogP contribution >= 0.6 is 23.6 Å². The topological polar surface area (TPSA) is 54.4 Å². The maximum Gasteiger partial charge on any atom is 0.471 e. The first kappa shape index (κ1) is 11.8. The van der Waals surface area contributed by atoms with Gasteiger partial charge in [0.05, 0.1) is 5.16 Å². The van der Waals surface area contributed by atoms with E-state index >= 15 is 0 Å². The van der Waals surface area contributed by atoms with Crippen LogP contribution in [0.2, 0.25) is 0 Å². The number of alkyl halides is 3. The summed E-state index contributed by atoms with van der Waals surface area (Å²) in [7, 11) is 0. The van der Waals surface area contributed by atoms with Gasteiger partial charge in [0, 0.05) is 5.38 Å². The summed E-state index contributed by atoms with van der Waals surface area (Å²) >= 11 is 5.08. The molecule has 0 aromatic carbocycles. The first-order valence-corrected chi connectivity index (χ1v) is 4.64. The van der Waals surface area contributed by atoms with Gasteiger partial charge >= 0.3 is 12.1 Å². The number of hydrogen-bond donors (Lipinski definition) is 1. The van der Waals surface area contributed by atoms with Crippen molar-refractivity contribution in [2.24, 2.45) is 4.99 Å². The highest BCUT2D eigenvalue weighted by Gasteiger charge is 2.39. The molecule has 15 heavy (non-hydrogen) atoms. The van der Waals surface area contributed by atoms with Crippen LogP contribution in [-0.4, -0.2) is 22.2 Å².